The quantitative estimate of drug-likeness (QED) is 0.734. The molecule has 1 aliphatic heterocycles. The zero-order valence-electron chi connectivity index (χ0n) is 14.7. The lowest BCUT2D eigenvalue weighted by Gasteiger charge is -2.13. The Hall–Kier alpha value is -2.26. The largest absolute Gasteiger partial charge is 0.351 e. The number of imide groups is 1. The Labute approximate surface area is 159 Å². The standard InChI is InChI=1S/C17H20N4O3S2/c1-11-19-13(10-25-11)14-6-5-12(26-14)8-18-15(22)4-3-7-21-16(23)9-20(2)17(21)24/h5-6,10H,3-4,7-9H2,1-2H3,(H,18,22). The molecule has 3 heterocycles. The van der Waals surface area contributed by atoms with Crippen LogP contribution in [0.1, 0.15) is 22.7 Å². The molecular formula is C17H20N4O3S2. The van der Waals surface area contributed by atoms with Crippen LogP contribution in [-0.2, 0) is 16.1 Å². The van der Waals surface area contributed by atoms with Gasteiger partial charge in [-0.3, -0.25) is 14.5 Å². The predicted octanol–water partition coefficient (Wildman–Crippen LogP) is 2.47. The molecule has 26 heavy (non-hydrogen) atoms. The highest BCUT2D eigenvalue weighted by molar-refractivity contribution is 7.16. The lowest BCUT2D eigenvalue weighted by Crippen LogP contribution is -2.33. The molecule has 1 aliphatic rings. The summed E-state index contributed by atoms with van der Waals surface area (Å²) in [6.07, 6.45) is 0.745. The average molecular weight is 393 g/mol. The van der Waals surface area contributed by atoms with Gasteiger partial charge in [-0.15, -0.1) is 22.7 Å². The molecule has 0 aromatic carbocycles. The van der Waals surface area contributed by atoms with Gasteiger partial charge in [0.05, 0.1) is 22.1 Å². The van der Waals surface area contributed by atoms with Crippen molar-refractivity contribution in [3.63, 3.8) is 0 Å². The third kappa shape index (κ3) is 4.28. The smallest absolute Gasteiger partial charge is 0.326 e. The number of thiophene rings is 1. The van der Waals surface area contributed by atoms with Crippen LogP contribution in [0.2, 0.25) is 0 Å². The van der Waals surface area contributed by atoms with E-state index < -0.39 is 0 Å². The van der Waals surface area contributed by atoms with Gasteiger partial charge in [-0.2, -0.15) is 0 Å². The topological polar surface area (TPSA) is 82.6 Å². The first kappa shape index (κ1) is 18.5. The first-order chi connectivity index (χ1) is 12.4. The van der Waals surface area contributed by atoms with Crippen LogP contribution in [0.25, 0.3) is 10.6 Å². The van der Waals surface area contributed by atoms with Crippen molar-refractivity contribution in [2.75, 3.05) is 20.1 Å². The number of aryl methyl sites for hydroxylation is 1. The lowest BCUT2D eigenvalue weighted by molar-refractivity contribution is -0.126. The van der Waals surface area contributed by atoms with E-state index in [1.54, 1.807) is 29.7 Å². The van der Waals surface area contributed by atoms with Crippen LogP contribution in [0, 0.1) is 6.92 Å². The van der Waals surface area contributed by atoms with Crippen molar-refractivity contribution < 1.29 is 14.4 Å². The summed E-state index contributed by atoms with van der Waals surface area (Å²) in [5, 5.41) is 5.94. The van der Waals surface area contributed by atoms with Gasteiger partial charge in [0, 0.05) is 30.3 Å². The second kappa shape index (κ2) is 7.96. The number of carbonyl (C=O) groups excluding carboxylic acids is 3. The molecule has 1 saturated heterocycles. The van der Waals surface area contributed by atoms with Crippen LogP contribution in [0.4, 0.5) is 4.79 Å². The molecule has 9 heteroatoms. The van der Waals surface area contributed by atoms with E-state index in [1.807, 2.05) is 24.4 Å². The van der Waals surface area contributed by atoms with Gasteiger partial charge in [-0.05, 0) is 25.5 Å². The molecule has 0 unspecified atom stereocenters. The van der Waals surface area contributed by atoms with Crippen molar-refractivity contribution >= 4 is 40.5 Å². The number of nitrogens with one attached hydrogen (secondary N) is 1. The average Bonchev–Trinajstić information content (AvgIpc) is 3.29. The summed E-state index contributed by atoms with van der Waals surface area (Å²) < 4.78 is 0. The van der Waals surface area contributed by atoms with Gasteiger partial charge >= 0.3 is 6.03 Å². The molecule has 1 fully saturated rings. The Morgan fingerprint density at radius 3 is 2.81 bits per heavy atom. The molecule has 2 aromatic rings. The molecule has 0 spiro atoms. The number of urea groups is 1. The number of aromatic nitrogens is 1. The Morgan fingerprint density at radius 2 is 2.15 bits per heavy atom. The highest BCUT2D eigenvalue weighted by Gasteiger charge is 2.32. The van der Waals surface area contributed by atoms with Crippen molar-refractivity contribution in [1.82, 2.24) is 20.1 Å². The molecule has 0 atom stereocenters. The van der Waals surface area contributed by atoms with Gasteiger partial charge in [0.15, 0.2) is 0 Å². The van der Waals surface area contributed by atoms with Crippen LogP contribution in [0.15, 0.2) is 17.5 Å². The van der Waals surface area contributed by atoms with E-state index in [-0.39, 0.29) is 37.4 Å². The summed E-state index contributed by atoms with van der Waals surface area (Å²) in [7, 11) is 1.59. The van der Waals surface area contributed by atoms with Crippen molar-refractivity contribution in [2.45, 2.75) is 26.3 Å². The highest BCUT2D eigenvalue weighted by atomic mass is 32.1. The second-order valence-electron chi connectivity index (χ2n) is 6.08. The predicted molar refractivity (Wildman–Crippen MR) is 101 cm³/mol. The maximum atomic E-state index is 12.0. The minimum atomic E-state index is -0.293. The molecule has 2 aromatic heterocycles. The summed E-state index contributed by atoms with van der Waals surface area (Å²) in [6.45, 7) is 2.84. The van der Waals surface area contributed by atoms with Gasteiger partial charge in [-0.1, -0.05) is 0 Å². The molecule has 0 bridgehead atoms. The fourth-order valence-corrected chi connectivity index (χ4v) is 4.24. The van der Waals surface area contributed by atoms with E-state index in [9.17, 15) is 14.4 Å². The van der Waals surface area contributed by atoms with Crippen LogP contribution in [-0.4, -0.2) is 52.8 Å². The van der Waals surface area contributed by atoms with E-state index in [1.165, 1.54) is 9.80 Å². The number of rotatable bonds is 7. The molecule has 138 valence electrons. The summed E-state index contributed by atoms with van der Waals surface area (Å²) >= 11 is 3.23. The lowest BCUT2D eigenvalue weighted by atomic mass is 10.2. The number of amides is 4. The van der Waals surface area contributed by atoms with Crippen molar-refractivity contribution in [1.29, 1.82) is 0 Å². The van der Waals surface area contributed by atoms with Crippen molar-refractivity contribution in [3.8, 4) is 10.6 Å². The minimum Gasteiger partial charge on any atom is -0.351 e. The normalized spacial score (nSPS) is 14.4. The van der Waals surface area contributed by atoms with Gasteiger partial charge < -0.3 is 10.2 Å². The first-order valence-corrected chi connectivity index (χ1v) is 9.97. The first-order valence-electron chi connectivity index (χ1n) is 8.27. The molecule has 1 N–H and O–H groups in total. The maximum Gasteiger partial charge on any atom is 0.326 e. The van der Waals surface area contributed by atoms with Gasteiger partial charge in [-0.25, -0.2) is 9.78 Å². The van der Waals surface area contributed by atoms with Gasteiger partial charge in [0.1, 0.15) is 6.54 Å². The summed E-state index contributed by atoms with van der Waals surface area (Å²) in [4.78, 5) is 44.6. The molecule has 0 radical (unpaired) electrons. The van der Waals surface area contributed by atoms with E-state index >= 15 is 0 Å². The third-order valence-corrected chi connectivity index (χ3v) is 5.89. The summed E-state index contributed by atoms with van der Waals surface area (Å²) in [5.41, 5.74) is 0.972. The van der Waals surface area contributed by atoms with Crippen LogP contribution >= 0.6 is 22.7 Å². The Kier molecular flexibility index (Phi) is 5.67. The minimum absolute atomic E-state index is 0.0862. The molecule has 7 nitrogen and oxygen atoms in total. The molecule has 3 rings (SSSR count). The number of nitrogens with zero attached hydrogens (tertiary/aromatic N) is 3. The van der Waals surface area contributed by atoms with Crippen molar-refractivity contribution in [3.05, 3.63) is 27.4 Å². The molecular weight excluding hydrogens is 372 g/mol. The Bertz CT molecular complexity index is 830. The summed E-state index contributed by atoms with van der Waals surface area (Å²) in [6, 6.07) is 3.72. The Morgan fingerprint density at radius 1 is 1.35 bits per heavy atom. The van der Waals surface area contributed by atoms with Gasteiger partial charge in [0.25, 0.3) is 0 Å². The number of thiazole rings is 1. The molecule has 0 saturated carbocycles. The monoisotopic (exact) mass is 392 g/mol. The Balaban J connectivity index is 1.41. The van der Waals surface area contributed by atoms with E-state index in [4.69, 9.17) is 0 Å². The SMILES string of the molecule is Cc1nc(-c2ccc(CNC(=O)CCCN3C(=O)CN(C)C3=O)s2)cs1. The van der Waals surface area contributed by atoms with E-state index in [0.717, 1.165) is 20.5 Å². The number of carbonyl (C=O) groups is 3. The highest BCUT2D eigenvalue weighted by Crippen LogP contribution is 2.28. The fourth-order valence-electron chi connectivity index (χ4n) is 2.65. The second-order valence-corrected chi connectivity index (χ2v) is 8.31. The van der Waals surface area contributed by atoms with Crippen LogP contribution in [0.5, 0.6) is 0 Å². The maximum absolute atomic E-state index is 12.0. The van der Waals surface area contributed by atoms with E-state index in [2.05, 4.69) is 10.3 Å². The van der Waals surface area contributed by atoms with Crippen LogP contribution in [0.3, 0.4) is 0 Å². The zero-order valence-corrected chi connectivity index (χ0v) is 16.3. The van der Waals surface area contributed by atoms with Gasteiger partial charge in [0.2, 0.25) is 11.8 Å². The number of hydrogen-bond donors (Lipinski definition) is 1. The van der Waals surface area contributed by atoms with Crippen LogP contribution < -0.4 is 5.32 Å². The number of likely N-dealkylation sites (N-methyl/N-ethyl adjacent to an activating group) is 1. The summed E-state index contributed by atoms with van der Waals surface area (Å²) in [5.74, 6) is -0.293. The molecule has 0 aliphatic carbocycles. The number of hydrogen-bond acceptors (Lipinski definition) is 6. The van der Waals surface area contributed by atoms with Crippen molar-refractivity contribution in [2.24, 2.45) is 0 Å². The zero-order chi connectivity index (χ0) is 18.7. The molecule has 4 amide bonds. The third-order valence-electron chi connectivity index (χ3n) is 4.01. The van der Waals surface area contributed by atoms with E-state index in [0.29, 0.717) is 13.0 Å². The fraction of sp³-hybridized carbons (Fsp3) is 0.412.